The number of amides is 1. The molecule has 0 aromatic carbocycles. The fourth-order valence-corrected chi connectivity index (χ4v) is 3.32. The highest BCUT2D eigenvalue weighted by Gasteiger charge is 2.20. The van der Waals surface area contributed by atoms with Gasteiger partial charge >= 0.3 is 0 Å². The maximum Gasteiger partial charge on any atom is 0.220 e. The minimum atomic E-state index is 0.0890. The number of thioether (sulfide) groups is 1. The van der Waals surface area contributed by atoms with E-state index >= 15 is 0 Å². The van der Waals surface area contributed by atoms with Gasteiger partial charge in [-0.3, -0.25) is 4.79 Å². The molecule has 0 radical (unpaired) electrons. The van der Waals surface area contributed by atoms with E-state index in [0.29, 0.717) is 19.5 Å². The van der Waals surface area contributed by atoms with Gasteiger partial charge in [0.25, 0.3) is 0 Å². The Labute approximate surface area is 146 Å². The highest BCUT2D eigenvalue weighted by Crippen LogP contribution is 2.28. The van der Waals surface area contributed by atoms with Gasteiger partial charge < -0.3 is 10.2 Å². The standard InChI is InChI=1S/C16H24N6OS/c1-3-6-13(23)17-7-10-22-15-12(11-18-22)14(19-16(20-15)24-2)21-8-4-5-9-21/h11H,3-10H2,1-2H3,(H,17,23). The van der Waals surface area contributed by atoms with Crippen LogP contribution in [-0.2, 0) is 11.3 Å². The Bertz CT molecular complexity index is 710. The Morgan fingerprint density at radius 2 is 2.12 bits per heavy atom. The number of carbonyl (C=O) groups excluding carboxylic acids is 1. The molecule has 1 aliphatic rings. The lowest BCUT2D eigenvalue weighted by atomic mass is 10.3. The Balaban J connectivity index is 1.82. The molecule has 8 heteroatoms. The molecule has 7 nitrogen and oxygen atoms in total. The minimum absolute atomic E-state index is 0.0890. The molecule has 1 amide bonds. The van der Waals surface area contributed by atoms with E-state index in [1.54, 1.807) is 11.8 Å². The van der Waals surface area contributed by atoms with E-state index in [1.807, 2.05) is 24.1 Å². The maximum atomic E-state index is 11.6. The fourth-order valence-electron chi connectivity index (χ4n) is 2.96. The first kappa shape index (κ1) is 17.0. The summed E-state index contributed by atoms with van der Waals surface area (Å²) in [4.78, 5) is 23.2. The van der Waals surface area contributed by atoms with E-state index in [9.17, 15) is 4.79 Å². The Hall–Kier alpha value is -1.83. The number of aromatic nitrogens is 4. The first-order valence-corrected chi connectivity index (χ1v) is 9.74. The minimum Gasteiger partial charge on any atom is -0.356 e. The van der Waals surface area contributed by atoms with Gasteiger partial charge in [-0.2, -0.15) is 5.10 Å². The van der Waals surface area contributed by atoms with Crippen LogP contribution in [0.15, 0.2) is 11.4 Å². The van der Waals surface area contributed by atoms with Gasteiger partial charge in [0.2, 0.25) is 5.91 Å². The molecular weight excluding hydrogens is 324 g/mol. The van der Waals surface area contributed by atoms with E-state index in [-0.39, 0.29) is 5.91 Å². The van der Waals surface area contributed by atoms with Crippen molar-refractivity contribution in [3.63, 3.8) is 0 Å². The third kappa shape index (κ3) is 3.63. The van der Waals surface area contributed by atoms with Crippen molar-refractivity contribution in [2.75, 3.05) is 30.8 Å². The summed E-state index contributed by atoms with van der Waals surface area (Å²) in [5.41, 5.74) is 0.848. The average Bonchev–Trinajstić information content (AvgIpc) is 3.24. The number of rotatable bonds is 7. The molecule has 1 saturated heterocycles. The summed E-state index contributed by atoms with van der Waals surface area (Å²) in [6.07, 6.45) is 7.68. The lowest BCUT2D eigenvalue weighted by molar-refractivity contribution is -0.121. The van der Waals surface area contributed by atoms with E-state index in [1.165, 1.54) is 12.8 Å². The predicted molar refractivity (Wildman–Crippen MR) is 96.5 cm³/mol. The molecule has 1 aliphatic heterocycles. The summed E-state index contributed by atoms with van der Waals surface area (Å²) in [6.45, 7) is 5.26. The van der Waals surface area contributed by atoms with Crippen LogP contribution >= 0.6 is 11.8 Å². The maximum absolute atomic E-state index is 11.6. The van der Waals surface area contributed by atoms with E-state index in [4.69, 9.17) is 4.98 Å². The molecular formula is C16H24N6OS. The van der Waals surface area contributed by atoms with Crippen molar-refractivity contribution in [3.8, 4) is 0 Å². The van der Waals surface area contributed by atoms with Crippen LogP contribution in [0.4, 0.5) is 5.82 Å². The number of nitrogens with one attached hydrogen (secondary N) is 1. The zero-order valence-electron chi connectivity index (χ0n) is 14.3. The summed E-state index contributed by atoms with van der Waals surface area (Å²) in [7, 11) is 0. The van der Waals surface area contributed by atoms with Crippen molar-refractivity contribution >= 4 is 34.5 Å². The van der Waals surface area contributed by atoms with Gasteiger partial charge in [0.05, 0.1) is 18.1 Å². The number of carbonyl (C=O) groups is 1. The number of hydrogen-bond acceptors (Lipinski definition) is 6. The van der Waals surface area contributed by atoms with E-state index in [0.717, 1.165) is 41.5 Å². The number of hydrogen-bond donors (Lipinski definition) is 1. The number of fused-ring (bicyclic) bond motifs is 1. The second kappa shape index (κ2) is 7.83. The van der Waals surface area contributed by atoms with Crippen molar-refractivity contribution in [2.24, 2.45) is 0 Å². The molecule has 0 aliphatic carbocycles. The van der Waals surface area contributed by atoms with Crippen LogP contribution in [-0.4, -0.2) is 51.5 Å². The Morgan fingerprint density at radius 1 is 1.33 bits per heavy atom. The first-order chi connectivity index (χ1) is 11.7. The van der Waals surface area contributed by atoms with Crippen LogP contribution in [0.1, 0.15) is 32.6 Å². The highest BCUT2D eigenvalue weighted by atomic mass is 32.2. The molecule has 2 aromatic heterocycles. The SMILES string of the molecule is CCCC(=O)NCCn1ncc2c(N3CCCC3)nc(SC)nc21. The van der Waals surface area contributed by atoms with Gasteiger partial charge in [-0.05, 0) is 25.5 Å². The second-order valence-corrected chi connectivity index (χ2v) is 6.71. The van der Waals surface area contributed by atoms with Gasteiger partial charge in [0.1, 0.15) is 5.82 Å². The zero-order chi connectivity index (χ0) is 16.9. The molecule has 2 aromatic rings. The normalized spacial score (nSPS) is 14.5. The number of nitrogens with zero attached hydrogens (tertiary/aromatic N) is 5. The summed E-state index contributed by atoms with van der Waals surface area (Å²) in [5.74, 6) is 1.08. The third-order valence-electron chi connectivity index (χ3n) is 4.17. The summed E-state index contributed by atoms with van der Waals surface area (Å²) < 4.78 is 1.86. The van der Waals surface area contributed by atoms with Crippen LogP contribution < -0.4 is 10.2 Å². The molecule has 130 valence electrons. The molecule has 1 N–H and O–H groups in total. The lowest BCUT2D eigenvalue weighted by Gasteiger charge is -2.17. The summed E-state index contributed by atoms with van der Waals surface area (Å²) in [6, 6.07) is 0. The van der Waals surface area contributed by atoms with E-state index < -0.39 is 0 Å². The number of anilines is 1. The Kier molecular flexibility index (Phi) is 5.55. The average molecular weight is 348 g/mol. The molecule has 0 unspecified atom stereocenters. The molecule has 0 spiro atoms. The third-order valence-corrected chi connectivity index (χ3v) is 4.71. The molecule has 3 rings (SSSR count). The van der Waals surface area contributed by atoms with Crippen molar-refractivity contribution in [1.82, 2.24) is 25.1 Å². The molecule has 0 saturated carbocycles. The fraction of sp³-hybridized carbons (Fsp3) is 0.625. The molecule has 0 bridgehead atoms. The van der Waals surface area contributed by atoms with Crippen molar-refractivity contribution in [1.29, 1.82) is 0 Å². The van der Waals surface area contributed by atoms with Crippen molar-refractivity contribution in [2.45, 2.75) is 44.3 Å². The van der Waals surface area contributed by atoms with E-state index in [2.05, 4.69) is 20.3 Å². The van der Waals surface area contributed by atoms with Gasteiger partial charge in [0.15, 0.2) is 10.8 Å². The topological polar surface area (TPSA) is 75.9 Å². The smallest absolute Gasteiger partial charge is 0.220 e. The van der Waals surface area contributed by atoms with Crippen molar-refractivity contribution < 1.29 is 4.79 Å². The van der Waals surface area contributed by atoms with Gasteiger partial charge in [-0.1, -0.05) is 18.7 Å². The predicted octanol–water partition coefficient (Wildman–Crippen LogP) is 2.06. The molecule has 0 atom stereocenters. The van der Waals surface area contributed by atoms with Crippen LogP contribution in [0, 0.1) is 0 Å². The van der Waals surface area contributed by atoms with Crippen LogP contribution in [0.3, 0.4) is 0 Å². The monoisotopic (exact) mass is 348 g/mol. The first-order valence-electron chi connectivity index (χ1n) is 8.52. The molecule has 24 heavy (non-hydrogen) atoms. The zero-order valence-corrected chi connectivity index (χ0v) is 15.1. The van der Waals surface area contributed by atoms with Crippen LogP contribution in [0.5, 0.6) is 0 Å². The summed E-state index contributed by atoms with van der Waals surface area (Å²) in [5, 5.41) is 9.16. The quantitative estimate of drug-likeness (QED) is 0.610. The van der Waals surface area contributed by atoms with Gasteiger partial charge in [-0.15, -0.1) is 0 Å². The van der Waals surface area contributed by atoms with Crippen LogP contribution in [0.2, 0.25) is 0 Å². The largest absolute Gasteiger partial charge is 0.356 e. The molecule has 1 fully saturated rings. The van der Waals surface area contributed by atoms with Gasteiger partial charge in [0, 0.05) is 26.1 Å². The van der Waals surface area contributed by atoms with Crippen molar-refractivity contribution in [3.05, 3.63) is 6.20 Å². The van der Waals surface area contributed by atoms with Crippen LogP contribution in [0.25, 0.3) is 11.0 Å². The summed E-state index contributed by atoms with van der Waals surface area (Å²) >= 11 is 1.54. The highest BCUT2D eigenvalue weighted by molar-refractivity contribution is 7.98. The Morgan fingerprint density at radius 3 is 2.83 bits per heavy atom. The van der Waals surface area contributed by atoms with Gasteiger partial charge in [-0.25, -0.2) is 14.6 Å². The lowest BCUT2D eigenvalue weighted by Crippen LogP contribution is -2.27. The second-order valence-electron chi connectivity index (χ2n) is 5.93. The molecule has 3 heterocycles.